The zero-order valence-corrected chi connectivity index (χ0v) is 14.7. The SMILES string of the molecule is Cc1nc(C)n(CC2CN(CCn3c(C)csc3=O)CCO2)n1. The van der Waals surface area contributed by atoms with E-state index in [1.54, 1.807) is 0 Å². The molecule has 3 heterocycles. The molecule has 1 aliphatic rings. The van der Waals surface area contributed by atoms with E-state index in [-0.39, 0.29) is 11.0 Å². The van der Waals surface area contributed by atoms with E-state index < -0.39 is 0 Å². The van der Waals surface area contributed by atoms with Gasteiger partial charge in [-0.05, 0) is 20.8 Å². The largest absolute Gasteiger partial charge is 0.374 e. The van der Waals surface area contributed by atoms with Crippen LogP contribution in [0.4, 0.5) is 0 Å². The van der Waals surface area contributed by atoms with Crippen LogP contribution in [0, 0.1) is 20.8 Å². The van der Waals surface area contributed by atoms with Gasteiger partial charge >= 0.3 is 4.87 Å². The van der Waals surface area contributed by atoms with Crippen LogP contribution in [0.3, 0.4) is 0 Å². The molecule has 1 unspecified atom stereocenters. The van der Waals surface area contributed by atoms with E-state index in [1.807, 2.05) is 35.4 Å². The summed E-state index contributed by atoms with van der Waals surface area (Å²) in [7, 11) is 0. The van der Waals surface area contributed by atoms with Gasteiger partial charge in [0.25, 0.3) is 0 Å². The summed E-state index contributed by atoms with van der Waals surface area (Å²) in [6.07, 6.45) is 0.115. The van der Waals surface area contributed by atoms with E-state index in [4.69, 9.17) is 4.74 Å². The fourth-order valence-electron chi connectivity index (χ4n) is 2.94. The van der Waals surface area contributed by atoms with Crippen LogP contribution in [0.1, 0.15) is 17.3 Å². The maximum Gasteiger partial charge on any atom is 0.307 e. The molecule has 2 aromatic rings. The lowest BCUT2D eigenvalue weighted by molar-refractivity contribution is -0.0386. The molecule has 2 aromatic heterocycles. The van der Waals surface area contributed by atoms with Gasteiger partial charge < -0.3 is 9.30 Å². The minimum absolute atomic E-state index is 0.115. The van der Waals surface area contributed by atoms with Crippen molar-refractivity contribution in [3.63, 3.8) is 0 Å². The average Bonchev–Trinajstić information content (AvgIpc) is 3.00. The first-order chi connectivity index (χ1) is 11.0. The molecule has 0 spiro atoms. The summed E-state index contributed by atoms with van der Waals surface area (Å²) in [6, 6.07) is 0. The Balaban J connectivity index is 1.56. The van der Waals surface area contributed by atoms with Gasteiger partial charge in [0.15, 0.2) is 0 Å². The van der Waals surface area contributed by atoms with Gasteiger partial charge in [0.05, 0.1) is 19.3 Å². The second-order valence-corrected chi connectivity index (χ2v) is 6.80. The van der Waals surface area contributed by atoms with Crippen molar-refractivity contribution in [3.8, 4) is 0 Å². The molecule has 0 amide bonds. The van der Waals surface area contributed by atoms with Crippen molar-refractivity contribution in [1.29, 1.82) is 0 Å². The van der Waals surface area contributed by atoms with Gasteiger partial charge in [-0.2, -0.15) is 5.10 Å². The first-order valence-corrected chi connectivity index (χ1v) is 8.78. The molecule has 1 atom stereocenters. The summed E-state index contributed by atoms with van der Waals surface area (Å²) in [5.41, 5.74) is 1.04. The van der Waals surface area contributed by atoms with Crippen molar-refractivity contribution in [1.82, 2.24) is 24.2 Å². The van der Waals surface area contributed by atoms with E-state index in [9.17, 15) is 4.79 Å². The maximum atomic E-state index is 11.8. The summed E-state index contributed by atoms with van der Waals surface area (Å²) in [4.78, 5) is 18.6. The lowest BCUT2D eigenvalue weighted by Gasteiger charge is -2.33. The lowest BCUT2D eigenvalue weighted by atomic mass is 10.2. The van der Waals surface area contributed by atoms with Crippen molar-refractivity contribution in [2.45, 2.75) is 40.0 Å². The Morgan fingerprint density at radius 2 is 2.17 bits per heavy atom. The Kier molecular flexibility index (Phi) is 4.93. The topological polar surface area (TPSA) is 65.2 Å². The number of hydrogen-bond donors (Lipinski definition) is 0. The van der Waals surface area contributed by atoms with Gasteiger partial charge in [-0.15, -0.1) is 0 Å². The Labute approximate surface area is 139 Å². The Hall–Kier alpha value is -1.51. The number of ether oxygens (including phenoxy) is 1. The molecular formula is C15H23N5O2S. The summed E-state index contributed by atoms with van der Waals surface area (Å²) in [6.45, 7) is 10.7. The van der Waals surface area contributed by atoms with Gasteiger partial charge in [-0.3, -0.25) is 9.69 Å². The van der Waals surface area contributed by atoms with Crippen LogP contribution in [-0.4, -0.2) is 56.6 Å². The van der Waals surface area contributed by atoms with Crippen molar-refractivity contribution in [2.24, 2.45) is 0 Å². The molecule has 1 saturated heterocycles. The Morgan fingerprint density at radius 1 is 1.35 bits per heavy atom. The molecule has 23 heavy (non-hydrogen) atoms. The van der Waals surface area contributed by atoms with E-state index in [2.05, 4.69) is 15.0 Å². The monoisotopic (exact) mass is 337 g/mol. The molecule has 1 fully saturated rings. The van der Waals surface area contributed by atoms with Crippen LogP contribution >= 0.6 is 11.3 Å². The van der Waals surface area contributed by atoms with Crippen LogP contribution < -0.4 is 4.87 Å². The normalized spacial score (nSPS) is 19.3. The third-order valence-corrected chi connectivity index (χ3v) is 5.06. The average molecular weight is 337 g/mol. The fraction of sp³-hybridized carbons (Fsp3) is 0.667. The smallest absolute Gasteiger partial charge is 0.307 e. The summed E-state index contributed by atoms with van der Waals surface area (Å²) in [5, 5.41) is 6.32. The highest BCUT2D eigenvalue weighted by Gasteiger charge is 2.22. The molecule has 126 valence electrons. The van der Waals surface area contributed by atoms with E-state index in [0.717, 1.165) is 56.7 Å². The molecule has 8 heteroatoms. The first-order valence-electron chi connectivity index (χ1n) is 7.90. The van der Waals surface area contributed by atoms with Crippen LogP contribution in [0.2, 0.25) is 0 Å². The van der Waals surface area contributed by atoms with Crippen molar-refractivity contribution in [3.05, 3.63) is 32.4 Å². The number of rotatable bonds is 5. The number of nitrogens with zero attached hydrogens (tertiary/aromatic N) is 5. The molecule has 3 rings (SSSR count). The highest BCUT2D eigenvalue weighted by molar-refractivity contribution is 7.07. The standard InChI is InChI=1S/C15H23N5O2S/c1-11-10-23-15(21)19(11)5-4-18-6-7-22-14(8-18)9-20-13(3)16-12(2)17-20/h10,14H,4-9H2,1-3H3. The zero-order valence-electron chi connectivity index (χ0n) is 13.9. The highest BCUT2D eigenvalue weighted by atomic mass is 32.1. The minimum Gasteiger partial charge on any atom is -0.374 e. The highest BCUT2D eigenvalue weighted by Crippen LogP contribution is 2.09. The fourth-order valence-corrected chi connectivity index (χ4v) is 3.70. The van der Waals surface area contributed by atoms with Crippen LogP contribution in [0.25, 0.3) is 0 Å². The van der Waals surface area contributed by atoms with Crippen LogP contribution in [0.5, 0.6) is 0 Å². The van der Waals surface area contributed by atoms with Crippen molar-refractivity contribution in [2.75, 3.05) is 26.2 Å². The number of aromatic nitrogens is 4. The number of hydrogen-bond acceptors (Lipinski definition) is 6. The quantitative estimate of drug-likeness (QED) is 0.808. The van der Waals surface area contributed by atoms with Crippen LogP contribution in [-0.2, 0) is 17.8 Å². The molecule has 0 N–H and O–H groups in total. The molecule has 0 radical (unpaired) electrons. The second-order valence-electron chi connectivity index (χ2n) is 5.98. The van der Waals surface area contributed by atoms with Gasteiger partial charge in [-0.1, -0.05) is 11.3 Å². The predicted octanol–water partition coefficient (Wildman–Crippen LogP) is 0.828. The molecule has 0 bridgehead atoms. The van der Waals surface area contributed by atoms with E-state index in [0.29, 0.717) is 0 Å². The lowest BCUT2D eigenvalue weighted by Crippen LogP contribution is -2.45. The van der Waals surface area contributed by atoms with Crippen molar-refractivity contribution >= 4 is 11.3 Å². The number of thiazole rings is 1. The van der Waals surface area contributed by atoms with Gasteiger partial charge in [0.1, 0.15) is 11.6 Å². The van der Waals surface area contributed by atoms with Crippen molar-refractivity contribution < 1.29 is 4.74 Å². The molecular weight excluding hydrogens is 314 g/mol. The molecule has 0 saturated carbocycles. The number of aryl methyl sites for hydroxylation is 3. The summed E-state index contributed by atoms with van der Waals surface area (Å²) in [5.74, 6) is 1.71. The maximum absolute atomic E-state index is 11.8. The van der Waals surface area contributed by atoms with Gasteiger partial charge in [-0.25, -0.2) is 9.67 Å². The molecule has 7 nitrogen and oxygen atoms in total. The molecule has 0 aliphatic carbocycles. The zero-order chi connectivity index (χ0) is 16.4. The minimum atomic E-state index is 0.115. The molecule has 0 aromatic carbocycles. The Morgan fingerprint density at radius 3 is 2.83 bits per heavy atom. The van der Waals surface area contributed by atoms with Gasteiger partial charge in [0, 0.05) is 37.3 Å². The van der Waals surface area contributed by atoms with Crippen LogP contribution in [0.15, 0.2) is 10.2 Å². The predicted molar refractivity (Wildman–Crippen MR) is 89.0 cm³/mol. The third-order valence-electron chi connectivity index (χ3n) is 4.18. The second kappa shape index (κ2) is 6.94. The van der Waals surface area contributed by atoms with E-state index in [1.165, 1.54) is 11.3 Å². The Bertz CT molecular complexity index is 720. The third kappa shape index (κ3) is 3.88. The van der Waals surface area contributed by atoms with Gasteiger partial charge in [0.2, 0.25) is 0 Å². The number of morpholine rings is 1. The summed E-state index contributed by atoms with van der Waals surface area (Å²) < 4.78 is 9.63. The summed E-state index contributed by atoms with van der Waals surface area (Å²) >= 11 is 1.27. The molecule has 1 aliphatic heterocycles. The first kappa shape index (κ1) is 16.4. The van der Waals surface area contributed by atoms with E-state index >= 15 is 0 Å².